The van der Waals surface area contributed by atoms with E-state index >= 15 is 0 Å². The molecule has 0 aromatic heterocycles. The van der Waals surface area contributed by atoms with E-state index in [4.69, 9.17) is 14.2 Å². The molecule has 254 valence electrons. The Kier molecular flexibility index (Phi) is 9.48. The molecule has 4 unspecified atom stereocenters. The third-order valence-electron chi connectivity index (χ3n) is 7.99. The second-order valence-corrected chi connectivity index (χ2v) is 10.9. The molecule has 4 atom stereocenters. The summed E-state index contributed by atoms with van der Waals surface area (Å²) in [6, 6.07) is 14.7. The minimum atomic E-state index is -1.49. The molecule has 1 saturated heterocycles. The number of carbonyl (C=O) groups excluding carboxylic acids is 2. The Bertz CT molecular complexity index is 1820. The van der Waals surface area contributed by atoms with Crippen molar-refractivity contribution in [2.45, 2.75) is 12.2 Å². The summed E-state index contributed by atoms with van der Waals surface area (Å²) in [6.07, 6.45) is -2.56. The maximum absolute atomic E-state index is 14.3. The van der Waals surface area contributed by atoms with E-state index in [2.05, 4.69) is 10.6 Å². The SMILES string of the molecule is COc1cc(C2OC(c3ccc(O)c(OC)c3)C(C(=O)Nc3ccc(O)cc3C(=O)O)C2C(=O)Nc2ccc(O)cc2C(=O)O)ccc1O. The molecule has 15 heteroatoms. The molecule has 15 nitrogen and oxygen atoms in total. The van der Waals surface area contributed by atoms with Gasteiger partial charge in [-0.05, 0) is 71.8 Å². The molecule has 1 aliphatic rings. The molecule has 49 heavy (non-hydrogen) atoms. The summed E-state index contributed by atoms with van der Waals surface area (Å²) in [5, 5.41) is 64.9. The van der Waals surface area contributed by atoms with Crippen LogP contribution in [0.1, 0.15) is 44.1 Å². The van der Waals surface area contributed by atoms with Gasteiger partial charge in [0.1, 0.15) is 11.5 Å². The number of ether oxygens (including phenoxy) is 3. The van der Waals surface area contributed by atoms with Crippen molar-refractivity contribution in [3.63, 3.8) is 0 Å². The Morgan fingerprint density at radius 3 is 1.33 bits per heavy atom. The molecule has 5 rings (SSSR count). The van der Waals surface area contributed by atoms with Gasteiger partial charge in [-0.15, -0.1) is 0 Å². The Balaban J connectivity index is 1.69. The summed E-state index contributed by atoms with van der Waals surface area (Å²) in [5.41, 5.74) is -0.796. The number of benzene rings is 4. The molecule has 4 aromatic rings. The molecule has 4 aromatic carbocycles. The smallest absolute Gasteiger partial charge is 0.337 e. The lowest BCUT2D eigenvalue weighted by atomic mass is 9.81. The molecule has 0 bridgehead atoms. The first-order valence-electron chi connectivity index (χ1n) is 14.5. The fraction of sp³-hybridized carbons (Fsp3) is 0.176. The van der Waals surface area contributed by atoms with Crippen molar-refractivity contribution in [3.05, 3.63) is 95.1 Å². The highest BCUT2D eigenvalue weighted by molar-refractivity contribution is 6.06. The van der Waals surface area contributed by atoms with Gasteiger partial charge in [-0.25, -0.2) is 9.59 Å². The van der Waals surface area contributed by atoms with Crippen LogP contribution < -0.4 is 20.1 Å². The van der Waals surface area contributed by atoms with Gasteiger partial charge in [0.15, 0.2) is 23.0 Å². The standard InChI is InChI=1S/C34H30N2O13/c1-47-25-11-15(3-9-23(25)39)29-27(31(41)35-21-7-5-17(37)13-19(21)33(43)44)28(30(49-29)16-4-10-24(40)26(12-16)48-2)32(42)36-22-8-6-18(38)14-20(22)34(45)46/h3-14,27-30,37-40H,1-2H3,(H,35,41)(H,36,42)(H,43,44)(H,45,46). The number of methoxy groups -OCH3 is 2. The average molecular weight is 675 g/mol. The van der Waals surface area contributed by atoms with Crippen molar-refractivity contribution in [2.24, 2.45) is 11.8 Å². The molecular formula is C34H30N2O13. The Hall–Kier alpha value is -6.48. The van der Waals surface area contributed by atoms with E-state index < -0.39 is 58.9 Å². The highest BCUT2D eigenvalue weighted by Crippen LogP contribution is 2.52. The monoisotopic (exact) mass is 674 g/mol. The second-order valence-electron chi connectivity index (χ2n) is 10.9. The van der Waals surface area contributed by atoms with E-state index in [0.29, 0.717) is 0 Å². The number of hydrogen-bond donors (Lipinski definition) is 8. The zero-order chi connectivity index (χ0) is 35.6. The van der Waals surface area contributed by atoms with Crippen molar-refractivity contribution >= 4 is 35.1 Å². The zero-order valence-electron chi connectivity index (χ0n) is 25.8. The molecule has 8 N–H and O–H groups in total. The lowest BCUT2D eigenvalue weighted by Gasteiger charge is -2.24. The molecular weight excluding hydrogens is 644 g/mol. The lowest BCUT2D eigenvalue weighted by Crippen LogP contribution is -2.38. The van der Waals surface area contributed by atoms with E-state index in [1.165, 1.54) is 50.6 Å². The van der Waals surface area contributed by atoms with Gasteiger partial charge in [-0.3, -0.25) is 9.59 Å². The molecule has 0 spiro atoms. The van der Waals surface area contributed by atoms with Crippen LogP contribution in [0, 0.1) is 11.8 Å². The molecule has 1 heterocycles. The van der Waals surface area contributed by atoms with Gasteiger partial charge in [-0.1, -0.05) is 12.1 Å². The highest BCUT2D eigenvalue weighted by atomic mass is 16.5. The Labute approximate surface area is 277 Å². The minimum Gasteiger partial charge on any atom is -0.508 e. The number of rotatable bonds is 10. The van der Waals surface area contributed by atoms with Crippen LogP contribution in [0.4, 0.5) is 11.4 Å². The number of carbonyl (C=O) groups is 4. The summed E-state index contributed by atoms with van der Waals surface area (Å²) in [4.78, 5) is 52.6. The quantitative estimate of drug-likeness (QED) is 0.110. The van der Waals surface area contributed by atoms with Crippen LogP contribution in [0.2, 0.25) is 0 Å². The number of aromatic hydroxyl groups is 4. The van der Waals surface area contributed by atoms with Crippen molar-refractivity contribution in [3.8, 4) is 34.5 Å². The van der Waals surface area contributed by atoms with Gasteiger partial charge < -0.3 is 55.5 Å². The van der Waals surface area contributed by atoms with Crippen LogP contribution in [-0.4, -0.2) is 68.6 Å². The van der Waals surface area contributed by atoms with Crippen LogP contribution in [0.25, 0.3) is 0 Å². The number of phenolic OH excluding ortho intramolecular Hbond substituents is 4. The summed E-state index contributed by atoms with van der Waals surface area (Å²) in [5.74, 6) is -8.91. The molecule has 0 aliphatic carbocycles. The van der Waals surface area contributed by atoms with Gasteiger partial charge in [0.05, 0.1) is 60.8 Å². The first kappa shape index (κ1) is 33.9. The maximum atomic E-state index is 14.3. The van der Waals surface area contributed by atoms with Gasteiger partial charge in [0.25, 0.3) is 0 Å². The highest BCUT2D eigenvalue weighted by Gasteiger charge is 2.53. The normalized spacial score (nSPS) is 18.3. The number of anilines is 2. The van der Waals surface area contributed by atoms with E-state index in [9.17, 15) is 49.8 Å². The van der Waals surface area contributed by atoms with Gasteiger partial charge in [-0.2, -0.15) is 0 Å². The van der Waals surface area contributed by atoms with Crippen LogP contribution in [-0.2, 0) is 14.3 Å². The number of phenols is 4. The van der Waals surface area contributed by atoms with E-state index in [0.717, 1.165) is 36.4 Å². The first-order chi connectivity index (χ1) is 23.3. The number of carboxylic acid groups (broad SMARTS) is 2. The third-order valence-corrected chi connectivity index (χ3v) is 7.99. The van der Waals surface area contributed by atoms with E-state index in [-0.39, 0.29) is 57.0 Å². The molecule has 0 saturated carbocycles. The van der Waals surface area contributed by atoms with E-state index in [1.807, 2.05) is 0 Å². The van der Waals surface area contributed by atoms with E-state index in [1.54, 1.807) is 0 Å². The fourth-order valence-corrected chi connectivity index (χ4v) is 5.69. The third kappa shape index (κ3) is 6.82. The van der Waals surface area contributed by atoms with Crippen LogP contribution >= 0.6 is 0 Å². The van der Waals surface area contributed by atoms with Gasteiger partial charge in [0, 0.05) is 0 Å². The number of hydrogen-bond acceptors (Lipinski definition) is 11. The van der Waals surface area contributed by atoms with Crippen molar-refractivity contribution in [1.29, 1.82) is 0 Å². The Morgan fingerprint density at radius 1 is 0.592 bits per heavy atom. The van der Waals surface area contributed by atoms with Crippen LogP contribution in [0.3, 0.4) is 0 Å². The summed E-state index contributed by atoms with van der Waals surface area (Å²) in [7, 11) is 2.60. The van der Waals surface area contributed by atoms with Crippen molar-refractivity contribution in [1.82, 2.24) is 0 Å². The molecule has 2 amide bonds. The maximum Gasteiger partial charge on any atom is 0.337 e. The van der Waals surface area contributed by atoms with Crippen LogP contribution in [0.5, 0.6) is 34.5 Å². The predicted molar refractivity (Wildman–Crippen MR) is 170 cm³/mol. The lowest BCUT2D eigenvalue weighted by molar-refractivity contribution is -0.128. The predicted octanol–water partition coefficient (Wildman–Crippen LogP) is 4.25. The minimum absolute atomic E-state index is 0.0119. The fourth-order valence-electron chi connectivity index (χ4n) is 5.69. The summed E-state index contributed by atoms with van der Waals surface area (Å²) >= 11 is 0. The van der Waals surface area contributed by atoms with Gasteiger partial charge in [0.2, 0.25) is 11.8 Å². The first-order valence-corrected chi connectivity index (χ1v) is 14.5. The van der Waals surface area contributed by atoms with Crippen LogP contribution in [0.15, 0.2) is 72.8 Å². The van der Waals surface area contributed by atoms with Gasteiger partial charge >= 0.3 is 11.9 Å². The molecule has 1 fully saturated rings. The number of aromatic carboxylic acids is 2. The summed E-state index contributed by atoms with van der Waals surface area (Å²) in [6.45, 7) is 0. The molecule has 1 aliphatic heterocycles. The number of amides is 2. The zero-order valence-corrected chi connectivity index (χ0v) is 25.8. The Morgan fingerprint density at radius 2 is 0.980 bits per heavy atom. The molecule has 0 radical (unpaired) electrons. The van der Waals surface area contributed by atoms with Crippen molar-refractivity contribution in [2.75, 3.05) is 24.9 Å². The number of nitrogens with one attached hydrogen (secondary N) is 2. The topological polar surface area (TPSA) is 241 Å². The second kappa shape index (κ2) is 13.7. The van der Waals surface area contributed by atoms with Crippen molar-refractivity contribution < 1.29 is 64.0 Å². The number of carboxylic acids is 2. The summed E-state index contributed by atoms with van der Waals surface area (Å²) < 4.78 is 16.9. The average Bonchev–Trinajstić information content (AvgIpc) is 3.47. The largest absolute Gasteiger partial charge is 0.508 e.